The van der Waals surface area contributed by atoms with Crippen LogP contribution in [0.5, 0.6) is 0 Å². The molecule has 0 rings (SSSR count). The summed E-state index contributed by atoms with van der Waals surface area (Å²) in [6.07, 6.45) is -2.23. The van der Waals surface area contributed by atoms with Gasteiger partial charge in [-0.15, -0.1) is 0 Å². The summed E-state index contributed by atoms with van der Waals surface area (Å²) >= 11 is 0. The van der Waals surface area contributed by atoms with Crippen LogP contribution in [0.2, 0.25) is 5.04 Å². The average Bonchev–Trinajstić information content (AvgIpc) is 1.80. The van der Waals surface area contributed by atoms with Crippen molar-refractivity contribution in [2.45, 2.75) is 25.8 Å². The number of carboxylic acid groups (broad SMARTS) is 2. The van der Waals surface area contributed by atoms with Crippen molar-refractivity contribution >= 4 is 21.9 Å². The molecule has 6 nitrogen and oxygen atoms in total. The van der Waals surface area contributed by atoms with Gasteiger partial charge in [0.25, 0.3) is 0 Å². The number of rotatable bonds is 1. The predicted molar refractivity (Wildman–Crippen MR) is 51.6 cm³/mol. The van der Waals surface area contributed by atoms with E-state index in [1.807, 2.05) is 20.8 Å². The van der Waals surface area contributed by atoms with E-state index in [0.29, 0.717) is 0 Å². The molecule has 78 valence electrons. The molecule has 0 aromatic rings. The van der Waals surface area contributed by atoms with Gasteiger partial charge in [-0.3, -0.25) is 0 Å². The molecule has 0 saturated carbocycles. The highest BCUT2D eigenvalue weighted by atomic mass is 28.2. The molecule has 2 amide bonds. The van der Waals surface area contributed by atoms with Crippen LogP contribution < -0.4 is 10.7 Å². The highest BCUT2D eigenvalue weighted by Gasteiger charge is 2.11. The molecule has 0 fully saturated rings. The molecule has 0 bridgehead atoms. The Hall–Kier alpha value is -1.24. The molecule has 0 saturated heterocycles. The van der Waals surface area contributed by atoms with Gasteiger partial charge >= 0.3 is 12.2 Å². The maximum absolute atomic E-state index is 9.97. The predicted octanol–water partition coefficient (Wildman–Crippen LogP) is 0.179. The van der Waals surface area contributed by atoms with Gasteiger partial charge in [0, 0.05) is 0 Å². The van der Waals surface area contributed by atoms with Crippen molar-refractivity contribution in [1.82, 2.24) is 4.98 Å². The van der Waals surface area contributed by atoms with Crippen LogP contribution in [-0.2, 0) is 0 Å². The lowest BCUT2D eigenvalue weighted by Gasteiger charge is -2.15. The van der Waals surface area contributed by atoms with E-state index in [-0.39, 0.29) is 5.04 Å². The Bertz CT molecular complexity index is 174. The minimum atomic E-state index is -1.33. The molecule has 5 N–H and O–H groups in total. The zero-order valence-electron chi connectivity index (χ0n) is 8.00. The number of nitrogens with one attached hydrogen (secondary N) is 1. The standard InChI is InChI=1S/C5H13NO2Si.CH3NO2/c1-5(2,3)9-6-4(7)8;2-1(3)4/h6H,9H2,1-3H3,(H,7,8);2H2,(H,3,4). The summed E-state index contributed by atoms with van der Waals surface area (Å²) in [5.74, 6) is 0. The van der Waals surface area contributed by atoms with Gasteiger partial charge in [0.05, 0.1) is 0 Å². The summed E-state index contributed by atoms with van der Waals surface area (Å²) in [6, 6.07) is 0. The number of nitrogens with two attached hydrogens (primary N) is 1. The van der Waals surface area contributed by atoms with Gasteiger partial charge in [0.15, 0.2) is 0 Å². The number of hydrogen-bond acceptors (Lipinski definition) is 2. The Labute approximate surface area is 79.0 Å². The third-order valence-corrected chi connectivity index (χ3v) is 2.31. The van der Waals surface area contributed by atoms with Gasteiger partial charge in [0.1, 0.15) is 9.68 Å². The van der Waals surface area contributed by atoms with E-state index in [2.05, 4.69) is 10.7 Å². The van der Waals surface area contributed by atoms with Crippen molar-refractivity contribution < 1.29 is 19.8 Å². The van der Waals surface area contributed by atoms with Gasteiger partial charge < -0.3 is 20.9 Å². The molecule has 0 unspecified atom stereocenters. The molecule has 0 heterocycles. The smallest absolute Gasteiger partial charge is 0.402 e. The van der Waals surface area contributed by atoms with Crippen LogP contribution in [0, 0.1) is 0 Å². The summed E-state index contributed by atoms with van der Waals surface area (Å²) in [5, 5.41) is 15.6. The van der Waals surface area contributed by atoms with Crippen LogP contribution in [0.25, 0.3) is 0 Å². The number of amides is 2. The molecule has 0 aliphatic heterocycles. The fraction of sp³-hybridized carbons (Fsp3) is 0.667. The second-order valence-corrected chi connectivity index (χ2v) is 6.39. The summed E-state index contributed by atoms with van der Waals surface area (Å²) in [5.41, 5.74) is 4.03. The summed E-state index contributed by atoms with van der Waals surface area (Å²) in [4.78, 5) is 21.2. The van der Waals surface area contributed by atoms with Gasteiger partial charge in [-0.1, -0.05) is 20.8 Å². The van der Waals surface area contributed by atoms with E-state index in [4.69, 9.17) is 15.0 Å². The lowest BCUT2D eigenvalue weighted by Crippen LogP contribution is -2.31. The van der Waals surface area contributed by atoms with Crippen molar-refractivity contribution in [3.05, 3.63) is 0 Å². The second kappa shape index (κ2) is 6.29. The highest BCUT2D eigenvalue weighted by Crippen LogP contribution is 2.17. The first-order valence-electron chi connectivity index (χ1n) is 3.60. The topological polar surface area (TPSA) is 113 Å². The van der Waals surface area contributed by atoms with E-state index < -0.39 is 21.9 Å². The van der Waals surface area contributed by atoms with Gasteiger partial charge in [0.2, 0.25) is 0 Å². The normalized spacial score (nSPS) is 10.4. The van der Waals surface area contributed by atoms with Crippen molar-refractivity contribution in [3.8, 4) is 0 Å². The SMILES string of the molecule is CC(C)(C)[SiH2]NC(=O)O.NC(=O)O. The fourth-order valence-electron chi connectivity index (χ4n) is 0.341. The zero-order chi connectivity index (χ0) is 11.1. The van der Waals surface area contributed by atoms with Crippen LogP contribution in [0.3, 0.4) is 0 Å². The van der Waals surface area contributed by atoms with Crippen molar-refractivity contribution in [1.29, 1.82) is 0 Å². The quantitative estimate of drug-likeness (QED) is 0.460. The molecule has 13 heavy (non-hydrogen) atoms. The minimum Gasteiger partial charge on any atom is -0.466 e. The van der Waals surface area contributed by atoms with Crippen LogP contribution in [0.4, 0.5) is 9.59 Å². The highest BCUT2D eigenvalue weighted by molar-refractivity contribution is 6.40. The van der Waals surface area contributed by atoms with Gasteiger partial charge in [-0.05, 0) is 5.04 Å². The largest absolute Gasteiger partial charge is 0.466 e. The maximum Gasteiger partial charge on any atom is 0.402 e. The monoisotopic (exact) mass is 208 g/mol. The van der Waals surface area contributed by atoms with Crippen LogP contribution in [0.15, 0.2) is 0 Å². The fourth-order valence-corrected chi connectivity index (χ4v) is 1.02. The first kappa shape index (κ1) is 14.3. The Kier molecular flexibility index (Phi) is 6.92. The summed E-state index contributed by atoms with van der Waals surface area (Å²) < 4.78 is 0. The minimum absolute atomic E-state index is 0.179. The molecule has 0 aromatic carbocycles. The number of primary amides is 1. The molecule has 0 aliphatic carbocycles. The van der Waals surface area contributed by atoms with Gasteiger partial charge in [-0.2, -0.15) is 0 Å². The van der Waals surface area contributed by atoms with Crippen molar-refractivity contribution in [2.24, 2.45) is 5.73 Å². The zero-order valence-corrected chi connectivity index (χ0v) is 9.41. The van der Waals surface area contributed by atoms with Crippen molar-refractivity contribution in [2.75, 3.05) is 0 Å². The van der Waals surface area contributed by atoms with Crippen molar-refractivity contribution in [3.63, 3.8) is 0 Å². The first-order chi connectivity index (χ1) is 5.65. The third-order valence-electron chi connectivity index (χ3n) is 0.770. The second-order valence-electron chi connectivity index (χ2n) is 3.56. The molecular formula is C6H16N2O4Si. The first-order valence-corrected chi connectivity index (χ1v) is 5.02. The summed E-state index contributed by atoms with van der Waals surface area (Å²) in [7, 11) is -0.647. The molecule has 0 spiro atoms. The van der Waals surface area contributed by atoms with E-state index in [9.17, 15) is 4.79 Å². The lowest BCUT2D eigenvalue weighted by molar-refractivity contribution is 0.200. The molecular weight excluding hydrogens is 192 g/mol. The molecule has 0 atom stereocenters. The average molecular weight is 208 g/mol. The van der Waals surface area contributed by atoms with E-state index in [1.165, 1.54) is 0 Å². The Morgan fingerprint density at radius 1 is 1.31 bits per heavy atom. The lowest BCUT2D eigenvalue weighted by atomic mass is 10.3. The molecule has 0 aliphatic rings. The van der Waals surface area contributed by atoms with Crippen LogP contribution in [-0.4, -0.2) is 32.1 Å². The van der Waals surface area contributed by atoms with E-state index in [1.54, 1.807) is 0 Å². The number of hydrogen-bond donors (Lipinski definition) is 4. The third kappa shape index (κ3) is 36.5. The Morgan fingerprint density at radius 3 is 1.69 bits per heavy atom. The Balaban J connectivity index is 0. The molecule has 7 heteroatoms. The Morgan fingerprint density at radius 2 is 1.62 bits per heavy atom. The van der Waals surface area contributed by atoms with Crippen LogP contribution >= 0.6 is 0 Å². The van der Waals surface area contributed by atoms with Gasteiger partial charge in [-0.25, -0.2) is 9.59 Å². The van der Waals surface area contributed by atoms with E-state index in [0.717, 1.165) is 0 Å². The maximum atomic E-state index is 9.97. The van der Waals surface area contributed by atoms with E-state index >= 15 is 0 Å². The number of carbonyl (C=O) groups is 2. The van der Waals surface area contributed by atoms with Crippen LogP contribution in [0.1, 0.15) is 20.8 Å². The molecule has 0 radical (unpaired) electrons. The molecule has 0 aromatic heterocycles. The summed E-state index contributed by atoms with van der Waals surface area (Å²) in [6.45, 7) is 6.11.